The van der Waals surface area contributed by atoms with Crippen molar-refractivity contribution in [2.24, 2.45) is 0 Å². The molecule has 3 aliphatic heterocycles. The number of nitrogens with zero attached hydrogens (tertiary/aromatic N) is 5. The molecule has 0 aliphatic carbocycles. The van der Waals surface area contributed by atoms with Gasteiger partial charge in [-0.3, -0.25) is 9.69 Å². The Labute approximate surface area is 307 Å². The molecule has 50 heavy (non-hydrogen) atoms. The molecule has 5 heterocycles. The zero-order valence-corrected chi connectivity index (χ0v) is 30.8. The van der Waals surface area contributed by atoms with E-state index in [-0.39, 0.29) is 18.0 Å². The van der Waals surface area contributed by atoms with Gasteiger partial charge >= 0.3 is 5.97 Å². The van der Waals surface area contributed by atoms with Crippen LogP contribution in [0, 0.1) is 0 Å². The van der Waals surface area contributed by atoms with Crippen molar-refractivity contribution in [2.75, 3.05) is 36.0 Å². The summed E-state index contributed by atoms with van der Waals surface area (Å²) in [6.07, 6.45) is 6.44. The van der Waals surface area contributed by atoms with Gasteiger partial charge in [0.2, 0.25) is 5.91 Å². The summed E-state index contributed by atoms with van der Waals surface area (Å²) < 4.78 is 13.6. The SMILES string of the molecule is O=C(N[C@H]1CCN(Cc2ccccc2)C1)[C@@H]1CCCCN1c1nc2ccc(Br)cc2o1.O=C(O)[C@@H]1CCCCN1c1nc2ccc(Br)cc2o1. The Morgan fingerprint density at radius 3 is 1.94 bits per heavy atom. The number of anilines is 2. The van der Waals surface area contributed by atoms with Crippen LogP contribution in [-0.4, -0.2) is 76.2 Å². The van der Waals surface area contributed by atoms with Gasteiger partial charge in [0.1, 0.15) is 23.1 Å². The van der Waals surface area contributed by atoms with Crippen LogP contribution in [0.1, 0.15) is 50.5 Å². The number of carboxylic acid groups (broad SMARTS) is 1. The Morgan fingerprint density at radius 1 is 0.760 bits per heavy atom. The number of hydrogen-bond acceptors (Lipinski definition) is 9. The highest BCUT2D eigenvalue weighted by molar-refractivity contribution is 9.10. The first-order valence-electron chi connectivity index (χ1n) is 17.3. The minimum atomic E-state index is -0.817. The van der Waals surface area contributed by atoms with E-state index in [0.29, 0.717) is 30.6 Å². The molecule has 11 nitrogen and oxygen atoms in total. The first kappa shape index (κ1) is 34.5. The lowest BCUT2D eigenvalue weighted by Gasteiger charge is -2.34. The first-order valence-corrected chi connectivity index (χ1v) is 18.8. The standard InChI is InChI=1S/C24H27BrN4O2.C13H13BrN2O3/c25-18-9-10-20-22(14-18)31-24(27-20)29-12-5-4-8-21(29)23(30)26-19-11-13-28(16-19)15-17-6-2-1-3-7-17;14-8-4-5-9-11(7-8)19-13(15-9)16-6-2-1-3-10(16)12(17)18/h1-3,6-7,9-10,14,19,21H,4-5,8,11-13,15-16H2,(H,26,30);4-5,7,10H,1-3,6H2,(H,17,18)/t19-,21-;10-/m00/s1. The number of oxazole rings is 2. The average Bonchev–Trinajstić information content (AvgIpc) is 3.87. The second kappa shape index (κ2) is 15.5. The lowest BCUT2D eigenvalue weighted by molar-refractivity contribution is -0.139. The van der Waals surface area contributed by atoms with Crippen LogP contribution in [0.3, 0.4) is 0 Å². The molecule has 0 saturated carbocycles. The van der Waals surface area contributed by atoms with Crippen LogP contribution in [0.4, 0.5) is 12.0 Å². The van der Waals surface area contributed by atoms with Gasteiger partial charge < -0.3 is 29.1 Å². The van der Waals surface area contributed by atoms with Crippen molar-refractivity contribution in [1.82, 2.24) is 20.2 Å². The predicted molar refractivity (Wildman–Crippen MR) is 199 cm³/mol. The maximum Gasteiger partial charge on any atom is 0.326 e. The molecular formula is C37H40Br2N6O5. The molecule has 3 atom stereocenters. The molecule has 5 aromatic rings. The number of aliphatic carboxylic acids is 1. The van der Waals surface area contributed by atoms with Gasteiger partial charge in [-0.25, -0.2) is 4.79 Å². The highest BCUT2D eigenvalue weighted by Crippen LogP contribution is 2.31. The number of hydrogen-bond donors (Lipinski definition) is 2. The summed E-state index contributed by atoms with van der Waals surface area (Å²) in [7, 11) is 0. The summed E-state index contributed by atoms with van der Waals surface area (Å²) in [5, 5.41) is 12.6. The highest BCUT2D eigenvalue weighted by atomic mass is 79.9. The Kier molecular flexibility index (Phi) is 10.7. The van der Waals surface area contributed by atoms with Gasteiger partial charge in [-0.1, -0.05) is 62.2 Å². The zero-order valence-electron chi connectivity index (χ0n) is 27.6. The fourth-order valence-electron chi connectivity index (χ4n) is 7.10. The molecule has 2 N–H and O–H groups in total. The lowest BCUT2D eigenvalue weighted by Crippen LogP contribution is -2.52. The molecule has 262 valence electrons. The van der Waals surface area contributed by atoms with E-state index in [1.165, 1.54) is 5.56 Å². The number of carbonyl (C=O) groups is 2. The molecule has 3 aromatic carbocycles. The number of halogens is 2. The number of amides is 1. The molecule has 8 rings (SSSR count). The predicted octanol–water partition coefficient (Wildman–Crippen LogP) is 7.37. The van der Waals surface area contributed by atoms with E-state index in [4.69, 9.17) is 8.83 Å². The minimum absolute atomic E-state index is 0.0923. The molecule has 2 aromatic heterocycles. The third-order valence-corrected chi connectivity index (χ3v) is 10.6. The number of rotatable bonds is 7. The molecule has 3 aliphatic rings. The second-order valence-electron chi connectivity index (χ2n) is 13.2. The van der Waals surface area contributed by atoms with Crippen molar-refractivity contribution in [2.45, 2.75) is 69.6 Å². The van der Waals surface area contributed by atoms with Crippen LogP contribution in [0.2, 0.25) is 0 Å². The fourth-order valence-corrected chi connectivity index (χ4v) is 7.78. The molecule has 0 unspecified atom stereocenters. The van der Waals surface area contributed by atoms with E-state index in [9.17, 15) is 14.7 Å². The van der Waals surface area contributed by atoms with E-state index in [1.54, 1.807) is 4.90 Å². The molecule has 1 amide bonds. The smallest absolute Gasteiger partial charge is 0.326 e. The molecule has 0 spiro atoms. The maximum absolute atomic E-state index is 13.2. The van der Waals surface area contributed by atoms with E-state index in [1.807, 2.05) is 47.4 Å². The van der Waals surface area contributed by atoms with Crippen molar-refractivity contribution in [3.63, 3.8) is 0 Å². The Balaban J connectivity index is 0.000000176. The van der Waals surface area contributed by atoms with Gasteiger partial charge in [0.15, 0.2) is 11.2 Å². The maximum atomic E-state index is 13.2. The van der Waals surface area contributed by atoms with Crippen molar-refractivity contribution < 1.29 is 23.5 Å². The number of benzene rings is 3. The summed E-state index contributed by atoms with van der Waals surface area (Å²) in [5.74, 6) is -0.724. The Hall–Kier alpha value is -3.94. The molecule has 3 saturated heterocycles. The Morgan fingerprint density at radius 2 is 1.34 bits per heavy atom. The van der Waals surface area contributed by atoms with Gasteiger partial charge in [-0.05, 0) is 86.9 Å². The van der Waals surface area contributed by atoms with Crippen LogP contribution < -0.4 is 15.1 Å². The summed E-state index contributed by atoms with van der Waals surface area (Å²) in [6.45, 7) is 4.29. The van der Waals surface area contributed by atoms with Gasteiger partial charge in [0.25, 0.3) is 12.0 Å². The van der Waals surface area contributed by atoms with Crippen molar-refractivity contribution in [3.05, 3.63) is 81.2 Å². The number of fused-ring (bicyclic) bond motifs is 2. The van der Waals surface area contributed by atoms with E-state index in [2.05, 4.69) is 76.3 Å². The van der Waals surface area contributed by atoms with Crippen molar-refractivity contribution >= 4 is 78.0 Å². The van der Waals surface area contributed by atoms with Crippen LogP contribution in [0.25, 0.3) is 22.2 Å². The number of carbonyl (C=O) groups excluding carboxylic acids is 1. The third-order valence-electron chi connectivity index (χ3n) is 9.63. The average molecular weight is 809 g/mol. The number of aromatic nitrogens is 2. The van der Waals surface area contributed by atoms with Crippen LogP contribution in [0.15, 0.2) is 84.5 Å². The molecule has 0 radical (unpaired) electrons. The van der Waals surface area contributed by atoms with E-state index in [0.717, 1.165) is 90.3 Å². The summed E-state index contributed by atoms with van der Waals surface area (Å²) >= 11 is 6.86. The number of nitrogens with one attached hydrogen (secondary N) is 1. The Bertz CT molecular complexity index is 1950. The number of carboxylic acids is 1. The topological polar surface area (TPSA) is 128 Å². The van der Waals surface area contributed by atoms with Crippen molar-refractivity contribution in [1.29, 1.82) is 0 Å². The highest BCUT2D eigenvalue weighted by Gasteiger charge is 2.35. The van der Waals surface area contributed by atoms with Gasteiger partial charge in [0, 0.05) is 47.7 Å². The zero-order chi connectivity index (χ0) is 34.6. The van der Waals surface area contributed by atoms with Crippen LogP contribution >= 0.6 is 31.9 Å². The quantitative estimate of drug-likeness (QED) is 0.172. The van der Waals surface area contributed by atoms with Gasteiger partial charge in [0.05, 0.1) is 0 Å². The largest absolute Gasteiger partial charge is 0.480 e. The number of piperidine rings is 2. The summed E-state index contributed by atoms with van der Waals surface area (Å²) in [6, 6.07) is 22.3. The second-order valence-corrected chi connectivity index (χ2v) is 15.0. The lowest BCUT2D eigenvalue weighted by atomic mass is 10.0. The molecule has 13 heteroatoms. The van der Waals surface area contributed by atoms with Crippen LogP contribution in [0.5, 0.6) is 0 Å². The third kappa shape index (κ3) is 8.00. The molecule has 3 fully saturated rings. The van der Waals surface area contributed by atoms with Crippen molar-refractivity contribution in [3.8, 4) is 0 Å². The van der Waals surface area contributed by atoms with Gasteiger partial charge in [-0.2, -0.15) is 9.97 Å². The summed E-state index contributed by atoms with van der Waals surface area (Å²) in [5.41, 5.74) is 4.28. The first-order chi connectivity index (χ1) is 24.3. The summed E-state index contributed by atoms with van der Waals surface area (Å²) in [4.78, 5) is 39.8. The van der Waals surface area contributed by atoms with E-state index >= 15 is 0 Å². The monoisotopic (exact) mass is 806 g/mol. The van der Waals surface area contributed by atoms with Crippen LogP contribution in [-0.2, 0) is 16.1 Å². The van der Waals surface area contributed by atoms with Gasteiger partial charge in [-0.15, -0.1) is 0 Å². The molecular weight excluding hydrogens is 768 g/mol. The molecule has 0 bridgehead atoms. The minimum Gasteiger partial charge on any atom is -0.480 e. The number of likely N-dealkylation sites (tertiary alicyclic amines) is 1. The normalized spacial score (nSPS) is 21.3. The van der Waals surface area contributed by atoms with E-state index < -0.39 is 12.0 Å². The fraction of sp³-hybridized carbons (Fsp3) is 0.405.